The summed E-state index contributed by atoms with van der Waals surface area (Å²) in [4.78, 5) is 12.9. The van der Waals surface area contributed by atoms with Crippen LogP contribution in [-0.2, 0) is 29.9 Å². The van der Waals surface area contributed by atoms with Gasteiger partial charge in [-0.1, -0.05) is 12.8 Å². The van der Waals surface area contributed by atoms with Gasteiger partial charge in [-0.05, 0) is 56.4 Å². The molecule has 0 atom stereocenters. The molecule has 1 fully saturated rings. The molecule has 7 nitrogen and oxygen atoms in total. The Bertz CT molecular complexity index is 972. The molecule has 1 amide bonds. The predicted octanol–water partition coefficient (Wildman–Crippen LogP) is 2.73. The number of nitrogens with zero attached hydrogens (tertiary/aromatic N) is 3. The normalized spacial score (nSPS) is 17.9. The SMILES string of the molecule is Cn1nc2c(c1NC(=O)c1ccc(S(=O)(=O)N3CCCCCC3)cc1)CCC2. The Kier molecular flexibility index (Phi) is 5.25. The summed E-state index contributed by atoms with van der Waals surface area (Å²) in [7, 11) is -1.68. The molecule has 0 radical (unpaired) electrons. The third kappa shape index (κ3) is 3.58. The lowest BCUT2D eigenvalue weighted by atomic mass is 10.2. The molecule has 1 aliphatic heterocycles. The van der Waals surface area contributed by atoms with Crippen molar-refractivity contribution in [1.82, 2.24) is 14.1 Å². The van der Waals surface area contributed by atoms with Crippen LogP contribution in [0.3, 0.4) is 0 Å². The van der Waals surface area contributed by atoms with Crippen LogP contribution >= 0.6 is 0 Å². The van der Waals surface area contributed by atoms with Gasteiger partial charge in [0.25, 0.3) is 5.91 Å². The lowest BCUT2D eigenvalue weighted by molar-refractivity contribution is 0.102. The minimum Gasteiger partial charge on any atom is -0.307 e. The maximum atomic E-state index is 12.9. The minimum absolute atomic E-state index is 0.243. The highest BCUT2D eigenvalue weighted by molar-refractivity contribution is 7.89. The van der Waals surface area contributed by atoms with Crippen LogP contribution < -0.4 is 5.32 Å². The number of fused-ring (bicyclic) bond motifs is 1. The molecule has 150 valence electrons. The fourth-order valence-corrected chi connectivity index (χ4v) is 5.58. The average molecular weight is 403 g/mol. The van der Waals surface area contributed by atoms with Gasteiger partial charge in [-0.25, -0.2) is 8.42 Å². The molecular formula is C20H26N4O3S. The summed E-state index contributed by atoms with van der Waals surface area (Å²) >= 11 is 0. The molecule has 0 bridgehead atoms. The molecule has 28 heavy (non-hydrogen) atoms. The van der Waals surface area contributed by atoms with Gasteiger partial charge < -0.3 is 5.32 Å². The van der Waals surface area contributed by atoms with E-state index in [4.69, 9.17) is 0 Å². The number of hydrogen-bond acceptors (Lipinski definition) is 4. The van der Waals surface area contributed by atoms with E-state index in [1.807, 2.05) is 7.05 Å². The molecule has 0 unspecified atom stereocenters. The standard InChI is InChI=1S/C20H26N4O3S/c1-23-19(17-7-6-8-18(17)22-23)21-20(25)15-9-11-16(12-10-15)28(26,27)24-13-4-2-3-5-14-24/h9-12H,2-8,13-14H2,1H3,(H,21,25). The molecule has 1 aromatic heterocycles. The summed E-state index contributed by atoms with van der Waals surface area (Å²) in [6, 6.07) is 6.22. The first-order valence-electron chi connectivity index (χ1n) is 9.93. The third-order valence-electron chi connectivity index (χ3n) is 5.62. The fraction of sp³-hybridized carbons (Fsp3) is 0.500. The van der Waals surface area contributed by atoms with Crippen LogP contribution in [0, 0.1) is 0 Å². The van der Waals surface area contributed by atoms with Crippen molar-refractivity contribution in [3.05, 3.63) is 41.1 Å². The molecule has 2 aromatic rings. The van der Waals surface area contributed by atoms with Crippen molar-refractivity contribution in [3.8, 4) is 0 Å². The molecule has 1 N–H and O–H groups in total. The summed E-state index contributed by atoms with van der Waals surface area (Å²) in [5.41, 5.74) is 2.59. The first-order chi connectivity index (χ1) is 13.5. The van der Waals surface area contributed by atoms with Crippen LogP contribution in [0.1, 0.15) is 53.7 Å². The monoisotopic (exact) mass is 402 g/mol. The second-order valence-electron chi connectivity index (χ2n) is 7.55. The van der Waals surface area contributed by atoms with Crippen LogP contribution in [0.4, 0.5) is 5.82 Å². The zero-order valence-corrected chi connectivity index (χ0v) is 17.0. The Hall–Kier alpha value is -2.19. The summed E-state index contributed by atoms with van der Waals surface area (Å²) in [5.74, 6) is 0.482. The van der Waals surface area contributed by atoms with Gasteiger partial charge in [-0.2, -0.15) is 9.40 Å². The van der Waals surface area contributed by atoms with Crippen molar-refractivity contribution in [3.63, 3.8) is 0 Å². The van der Waals surface area contributed by atoms with E-state index in [1.165, 1.54) is 12.1 Å². The fourth-order valence-electron chi connectivity index (χ4n) is 4.07. The summed E-state index contributed by atoms with van der Waals surface area (Å²) < 4.78 is 29.0. The average Bonchev–Trinajstić information content (AvgIpc) is 3.11. The van der Waals surface area contributed by atoms with E-state index >= 15 is 0 Å². The quantitative estimate of drug-likeness (QED) is 0.852. The van der Waals surface area contributed by atoms with Crippen molar-refractivity contribution in [2.24, 2.45) is 7.05 Å². The predicted molar refractivity (Wildman–Crippen MR) is 107 cm³/mol. The first-order valence-corrected chi connectivity index (χ1v) is 11.4. The van der Waals surface area contributed by atoms with Gasteiger partial charge in [-0.15, -0.1) is 0 Å². The lowest BCUT2D eigenvalue weighted by Crippen LogP contribution is -2.31. The van der Waals surface area contributed by atoms with Crippen LogP contribution in [0.5, 0.6) is 0 Å². The Morgan fingerprint density at radius 3 is 2.36 bits per heavy atom. The smallest absolute Gasteiger partial charge is 0.256 e. The zero-order valence-electron chi connectivity index (χ0n) is 16.1. The molecule has 1 saturated heterocycles. The third-order valence-corrected chi connectivity index (χ3v) is 7.53. The maximum absolute atomic E-state index is 12.9. The number of amides is 1. The van der Waals surface area contributed by atoms with Gasteiger partial charge >= 0.3 is 0 Å². The molecule has 1 aromatic carbocycles. The molecule has 0 saturated carbocycles. The molecular weight excluding hydrogens is 376 g/mol. The van der Waals surface area contributed by atoms with Crippen LogP contribution in [-0.4, -0.2) is 41.5 Å². The molecule has 0 spiro atoms. The van der Waals surface area contributed by atoms with Gasteiger partial charge in [0.2, 0.25) is 10.0 Å². The number of aryl methyl sites for hydroxylation is 2. The maximum Gasteiger partial charge on any atom is 0.256 e. The summed E-state index contributed by atoms with van der Waals surface area (Å²) in [5, 5.41) is 7.40. The number of carbonyl (C=O) groups is 1. The van der Waals surface area contributed by atoms with E-state index in [1.54, 1.807) is 21.1 Å². The van der Waals surface area contributed by atoms with Crippen molar-refractivity contribution in [2.75, 3.05) is 18.4 Å². The Labute approximate surface area is 165 Å². The van der Waals surface area contributed by atoms with E-state index in [0.29, 0.717) is 18.7 Å². The second-order valence-corrected chi connectivity index (χ2v) is 9.49. The molecule has 2 aliphatic rings. The second kappa shape index (κ2) is 7.67. The van der Waals surface area contributed by atoms with E-state index in [-0.39, 0.29) is 10.8 Å². The minimum atomic E-state index is -3.50. The van der Waals surface area contributed by atoms with Crippen molar-refractivity contribution in [2.45, 2.75) is 49.8 Å². The van der Waals surface area contributed by atoms with Gasteiger partial charge in [0.1, 0.15) is 5.82 Å². The number of carbonyl (C=O) groups excluding carboxylic acids is 1. The van der Waals surface area contributed by atoms with Gasteiger partial charge in [0.15, 0.2) is 0 Å². The van der Waals surface area contributed by atoms with Crippen molar-refractivity contribution < 1.29 is 13.2 Å². The van der Waals surface area contributed by atoms with E-state index < -0.39 is 10.0 Å². The van der Waals surface area contributed by atoms with Gasteiger partial charge in [0.05, 0.1) is 10.6 Å². The largest absolute Gasteiger partial charge is 0.307 e. The Morgan fingerprint density at radius 2 is 1.68 bits per heavy atom. The summed E-state index contributed by atoms with van der Waals surface area (Å²) in [6.45, 7) is 1.13. The van der Waals surface area contributed by atoms with E-state index in [2.05, 4.69) is 10.4 Å². The molecule has 8 heteroatoms. The zero-order chi connectivity index (χ0) is 19.7. The van der Waals surface area contributed by atoms with Crippen LogP contribution in [0.2, 0.25) is 0 Å². The van der Waals surface area contributed by atoms with Gasteiger partial charge in [-0.3, -0.25) is 9.48 Å². The van der Waals surface area contributed by atoms with Crippen molar-refractivity contribution in [1.29, 1.82) is 0 Å². The Morgan fingerprint density at radius 1 is 1.00 bits per heavy atom. The molecule has 4 rings (SSSR count). The first kappa shape index (κ1) is 19.1. The molecule has 2 heterocycles. The number of nitrogens with one attached hydrogen (secondary N) is 1. The summed E-state index contributed by atoms with van der Waals surface area (Å²) in [6.07, 6.45) is 6.87. The van der Waals surface area contributed by atoms with Crippen LogP contribution in [0.25, 0.3) is 0 Å². The van der Waals surface area contributed by atoms with E-state index in [9.17, 15) is 13.2 Å². The number of rotatable bonds is 4. The number of hydrogen-bond donors (Lipinski definition) is 1. The lowest BCUT2D eigenvalue weighted by Gasteiger charge is -2.20. The number of aromatic nitrogens is 2. The molecule has 1 aliphatic carbocycles. The highest BCUT2D eigenvalue weighted by Gasteiger charge is 2.26. The highest BCUT2D eigenvalue weighted by Crippen LogP contribution is 2.28. The van der Waals surface area contributed by atoms with Crippen molar-refractivity contribution >= 4 is 21.7 Å². The Balaban J connectivity index is 1.51. The van der Waals surface area contributed by atoms with Crippen LogP contribution in [0.15, 0.2) is 29.2 Å². The number of benzene rings is 1. The van der Waals surface area contributed by atoms with E-state index in [0.717, 1.165) is 62.0 Å². The number of sulfonamides is 1. The number of anilines is 1. The van der Waals surface area contributed by atoms with Gasteiger partial charge in [0, 0.05) is 31.3 Å². The topological polar surface area (TPSA) is 84.3 Å². The highest BCUT2D eigenvalue weighted by atomic mass is 32.2.